The van der Waals surface area contributed by atoms with Crippen LogP contribution >= 0.6 is 11.8 Å². The van der Waals surface area contributed by atoms with E-state index in [1.54, 1.807) is 17.8 Å². The molecule has 0 aliphatic carbocycles. The monoisotopic (exact) mass is 295 g/mol. The minimum atomic E-state index is -3.22. The molecule has 4 nitrogen and oxygen atoms in total. The number of nitrogens with zero attached hydrogens (tertiary/aromatic N) is 1. The van der Waals surface area contributed by atoms with Crippen molar-refractivity contribution in [3.8, 4) is 11.6 Å². The van der Waals surface area contributed by atoms with Gasteiger partial charge in [0.2, 0.25) is 5.88 Å². The molecule has 0 saturated carbocycles. The summed E-state index contributed by atoms with van der Waals surface area (Å²) in [6, 6.07) is 10.6. The first-order valence-electron chi connectivity index (χ1n) is 5.47. The third-order valence-electron chi connectivity index (χ3n) is 2.42. The van der Waals surface area contributed by atoms with Gasteiger partial charge in [0.05, 0.1) is 4.90 Å². The largest absolute Gasteiger partial charge is 0.439 e. The molecule has 0 bridgehead atoms. The number of sulfone groups is 1. The van der Waals surface area contributed by atoms with Gasteiger partial charge >= 0.3 is 0 Å². The van der Waals surface area contributed by atoms with Crippen LogP contribution < -0.4 is 4.74 Å². The Morgan fingerprint density at radius 2 is 1.79 bits per heavy atom. The summed E-state index contributed by atoms with van der Waals surface area (Å²) in [5.41, 5.74) is 0. The van der Waals surface area contributed by atoms with Crippen LogP contribution in [-0.4, -0.2) is 25.9 Å². The zero-order valence-electron chi connectivity index (χ0n) is 10.5. The lowest BCUT2D eigenvalue weighted by Gasteiger charge is -2.05. The van der Waals surface area contributed by atoms with Crippen LogP contribution in [0.3, 0.4) is 0 Å². The van der Waals surface area contributed by atoms with Crippen molar-refractivity contribution in [3.05, 3.63) is 42.6 Å². The van der Waals surface area contributed by atoms with Gasteiger partial charge in [-0.05, 0) is 36.6 Å². The smallest absolute Gasteiger partial charge is 0.219 e. The molecule has 0 N–H and O–H groups in total. The van der Waals surface area contributed by atoms with E-state index in [0.717, 1.165) is 11.2 Å². The quantitative estimate of drug-likeness (QED) is 0.812. The second-order valence-electron chi connectivity index (χ2n) is 3.88. The van der Waals surface area contributed by atoms with Gasteiger partial charge in [-0.15, -0.1) is 11.8 Å². The summed E-state index contributed by atoms with van der Waals surface area (Å²) >= 11 is 1.65. The number of rotatable bonds is 4. The Morgan fingerprint density at radius 3 is 2.26 bits per heavy atom. The Bertz CT molecular complexity index is 649. The number of aromatic nitrogens is 1. The molecule has 0 amide bonds. The minimum absolute atomic E-state index is 0.178. The Labute approximate surface area is 116 Å². The Balaban J connectivity index is 2.15. The highest BCUT2D eigenvalue weighted by molar-refractivity contribution is 7.98. The van der Waals surface area contributed by atoms with E-state index < -0.39 is 9.84 Å². The normalized spacial score (nSPS) is 11.3. The molecule has 19 heavy (non-hydrogen) atoms. The molecule has 6 heteroatoms. The van der Waals surface area contributed by atoms with Gasteiger partial charge in [-0.1, -0.05) is 0 Å². The molecule has 0 radical (unpaired) electrons. The fourth-order valence-corrected chi connectivity index (χ4v) is 2.38. The van der Waals surface area contributed by atoms with Gasteiger partial charge < -0.3 is 4.74 Å². The molecular formula is C13H13NO3S2. The Morgan fingerprint density at radius 1 is 1.11 bits per heavy atom. The molecule has 0 atom stereocenters. The lowest BCUT2D eigenvalue weighted by Crippen LogP contribution is -1.98. The molecule has 1 heterocycles. The fourth-order valence-electron chi connectivity index (χ4n) is 1.41. The molecular weight excluding hydrogens is 282 g/mol. The van der Waals surface area contributed by atoms with E-state index in [9.17, 15) is 8.42 Å². The standard InChI is InChI=1S/C13H13NO3S2/c1-18-11-5-3-10(4-6-11)17-13-8-7-12(9-14-13)19(2,15)16/h3-9H,1-2H3. The molecule has 1 aromatic heterocycles. The Hall–Kier alpha value is -1.53. The zero-order valence-corrected chi connectivity index (χ0v) is 12.2. The molecule has 0 fully saturated rings. The van der Waals surface area contributed by atoms with Crippen molar-refractivity contribution in [1.82, 2.24) is 4.98 Å². The molecule has 100 valence electrons. The van der Waals surface area contributed by atoms with E-state index in [4.69, 9.17) is 4.74 Å². The van der Waals surface area contributed by atoms with Gasteiger partial charge in [0.25, 0.3) is 0 Å². The molecule has 1 aromatic carbocycles. The summed E-state index contributed by atoms with van der Waals surface area (Å²) in [6.07, 6.45) is 4.44. The van der Waals surface area contributed by atoms with Gasteiger partial charge in [0, 0.05) is 23.4 Å². The molecule has 2 rings (SSSR count). The summed E-state index contributed by atoms with van der Waals surface area (Å²) in [5.74, 6) is 1.03. The first kappa shape index (κ1) is 13.9. The minimum Gasteiger partial charge on any atom is -0.439 e. The molecule has 0 spiro atoms. The highest BCUT2D eigenvalue weighted by atomic mass is 32.2. The maximum absolute atomic E-state index is 11.3. The Kier molecular flexibility index (Phi) is 4.11. The van der Waals surface area contributed by atoms with Gasteiger partial charge in [-0.25, -0.2) is 13.4 Å². The third kappa shape index (κ3) is 3.71. The van der Waals surface area contributed by atoms with Crippen molar-refractivity contribution in [2.24, 2.45) is 0 Å². The first-order valence-corrected chi connectivity index (χ1v) is 8.59. The SMILES string of the molecule is CSc1ccc(Oc2ccc(S(C)(=O)=O)cn2)cc1. The van der Waals surface area contributed by atoms with Crippen LogP contribution in [0.5, 0.6) is 11.6 Å². The van der Waals surface area contributed by atoms with Gasteiger partial charge in [0.1, 0.15) is 5.75 Å². The fraction of sp³-hybridized carbons (Fsp3) is 0.154. The predicted molar refractivity (Wildman–Crippen MR) is 75.6 cm³/mol. The average molecular weight is 295 g/mol. The van der Waals surface area contributed by atoms with E-state index in [1.165, 1.54) is 12.3 Å². The van der Waals surface area contributed by atoms with Crippen molar-refractivity contribution >= 4 is 21.6 Å². The highest BCUT2D eigenvalue weighted by Gasteiger charge is 2.07. The number of pyridine rings is 1. The number of benzene rings is 1. The number of hydrogen-bond acceptors (Lipinski definition) is 5. The summed E-state index contributed by atoms with van der Waals surface area (Å²) < 4.78 is 28.1. The second kappa shape index (κ2) is 5.63. The molecule has 2 aromatic rings. The van der Waals surface area contributed by atoms with Crippen molar-refractivity contribution < 1.29 is 13.2 Å². The van der Waals surface area contributed by atoms with Crippen molar-refractivity contribution in [2.45, 2.75) is 9.79 Å². The van der Waals surface area contributed by atoms with Gasteiger partial charge in [0.15, 0.2) is 9.84 Å². The zero-order chi connectivity index (χ0) is 13.9. The highest BCUT2D eigenvalue weighted by Crippen LogP contribution is 2.23. The van der Waals surface area contributed by atoms with E-state index in [-0.39, 0.29) is 4.90 Å². The van der Waals surface area contributed by atoms with E-state index >= 15 is 0 Å². The number of hydrogen-bond donors (Lipinski definition) is 0. The summed E-state index contributed by atoms with van der Waals surface area (Å²) in [7, 11) is -3.22. The van der Waals surface area contributed by atoms with Crippen LogP contribution in [0.4, 0.5) is 0 Å². The maximum Gasteiger partial charge on any atom is 0.219 e. The van der Waals surface area contributed by atoms with Crippen LogP contribution in [-0.2, 0) is 9.84 Å². The van der Waals surface area contributed by atoms with E-state index in [1.807, 2.05) is 30.5 Å². The molecule has 0 aliphatic heterocycles. The third-order valence-corrected chi connectivity index (χ3v) is 4.26. The second-order valence-corrected chi connectivity index (χ2v) is 6.78. The first-order chi connectivity index (χ1) is 8.99. The van der Waals surface area contributed by atoms with Gasteiger partial charge in [-0.3, -0.25) is 0 Å². The van der Waals surface area contributed by atoms with Crippen LogP contribution in [0, 0.1) is 0 Å². The number of ether oxygens (including phenoxy) is 1. The molecule has 0 unspecified atom stereocenters. The molecule has 0 aliphatic rings. The lowest BCUT2D eigenvalue weighted by molar-refractivity contribution is 0.461. The van der Waals surface area contributed by atoms with Crippen LogP contribution in [0.15, 0.2) is 52.4 Å². The predicted octanol–water partition coefficient (Wildman–Crippen LogP) is 3.00. The summed E-state index contributed by atoms with van der Waals surface area (Å²) in [6.45, 7) is 0. The van der Waals surface area contributed by atoms with Crippen LogP contribution in [0.2, 0.25) is 0 Å². The maximum atomic E-state index is 11.3. The van der Waals surface area contributed by atoms with Crippen molar-refractivity contribution in [3.63, 3.8) is 0 Å². The van der Waals surface area contributed by atoms with Crippen LogP contribution in [0.1, 0.15) is 0 Å². The van der Waals surface area contributed by atoms with Crippen molar-refractivity contribution in [2.75, 3.05) is 12.5 Å². The van der Waals surface area contributed by atoms with E-state index in [0.29, 0.717) is 11.6 Å². The summed E-state index contributed by atoms with van der Waals surface area (Å²) in [4.78, 5) is 5.30. The average Bonchev–Trinajstić information content (AvgIpc) is 2.39. The van der Waals surface area contributed by atoms with Gasteiger partial charge in [-0.2, -0.15) is 0 Å². The van der Waals surface area contributed by atoms with E-state index in [2.05, 4.69) is 4.98 Å². The van der Waals surface area contributed by atoms with Crippen molar-refractivity contribution in [1.29, 1.82) is 0 Å². The summed E-state index contributed by atoms with van der Waals surface area (Å²) in [5, 5.41) is 0. The topological polar surface area (TPSA) is 56.3 Å². The van der Waals surface area contributed by atoms with Crippen LogP contribution in [0.25, 0.3) is 0 Å². The number of thioether (sulfide) groups is 1. The lowest BCUT2D eigenvalue weighted by atomic mass is 10.3. The molecule has 0 saturated heterocycles.